The average molecular weight is 424 g/mol. The number of nitrogens with zero attached hydrogens (tertiary/aromatic N) is 1. The molecule has 0 unspecified atom stereocenters. The molecule has 152 valence electrons. The van der Waals surface area contributed by atoms with Crippen LogP contribution < -0.4 is 10.2 Å². The van der Waals surface area contributed by atoms with Gasteiger partial charge in [0, 0.05) is 25.0 Å². The van der Waals surface area contributed by atoms with Crippen molar-refractivity contribution >= 4 is 37.5 Å². The second-order valence-corrected chi connectivity index (χ2v) is 10.6. The number of sulfonamides is 1. The van der Waals surface area contributed by atoms with Gasteiger partial charge in [0.1, 0.15) is 0 Å². The Bertz CT molecular complexity index is 1010. The number of H-pyrrole nitrogens is 1. The second kappa shape index (κ2) is 7.96. The minimum absolute atomic E-state index is 0.0717. The fraction of sp³-hybridized carbons (Fsp3) is 0.579. The Morgan fingerprint density at radius 1 is 1.11 bits per heavy atom. The molecule has 1 aliphatic heterocycles. The number of thiazole rings is 1. The van der Waals surface area contributed by atoms with Crippen molar-refractivity contribution < 1.29 is 13.2 Å². The van der Waals surface area contributed by atoms with Crippen molar-refractivity contribution in [1.82, 2.24) is 14.6 Å². The third kappa shape index (κ3) is 4.01. The van der Waals surface area contributed by atoms with Crippen molar-refractivity contribution in [1.29, 1.82) is 0 Å². The first kappa shape index (κ1) is 19.6. The number of piperidine rings is 1. The predicted octanol–water partition coefficient (Wildman–Crippen LogP) is 2.44. The summed E-state index contributed by atoms with van der Waals surface area (Å²) < 4.78 is 28.0. The minimum Gasteiger partial charge on any atom is -0.353 e. The van der Waals surface area contributed by atoms with E-state index in [9.17, 15) is 18.0 Å². The maximum Gasteiger partial charge on any atom is 0.305 e. The van der Waals surface area contributed by atoms with Crippen LogP contribution in [0.25, 0.3) is 10.2 Å². The first-order chi connectivity index (χ1) is 13.4. The zero-order valence-corrected chi connectivity index (χ0v) is 17.3. The molecular formula is C19H25N3O4S2. The zero-order valence-electron chi connectivity index (χ0n) is 15.6. The number of rotatable bonds is 4. The van der Waals surface area contributed by atoms with Crippen LogP contribution in [0.2, 0.25) is 0 Å². The summed E-state index contributed by atoms with van der Waals surface area (Å²) in [7, 11) is -3.63. The first-order valence-corrected chi connectivity index (χ1v) is 12.1. The van der Waals surface area contributed by atoms with Gasteiger partial charge in [0.25, 0.3) is 0 Å². The highest BCUT2D eigenvalue weighted by atomic mass is 32.2. The summed E-state index contributed by atoms with van der Waals surface area (Å²) in [5.74, 6) is -0.0479. The molecule has 0 atom stereocenters. The van der Waals surface area contributed by atoms with E-state index in [0.717, 1.165) is 24.2 Å². The molecule has 2 heterocycles. The van der Waals surface area contributed by atoms with Gasteiger partial charge in [-0.25, -0.2) is 8.42 Å². The van der Waals surface area contributed by atoms with Gasteiger partial charge in [-0.15, -0.1) is 0 Å². The SMILES string of the molecule is O=C(NC1CCCCC1)C1CCN(S(=O)(=O)c2ccc3[nH]c(=O)sc3c2)CC1. The Kier molecular flexibility index (Phi) is 5.57. The molecular weight excluding hydrogens is 398 g/mol. The van der Waals surface area contributed by atoms with Crippen LogP contribution in [0.3, 0.4) is 0 Å². The predicted molar refractivity (Wildman–Crippen MR) is 109 cm³/mol. The highest BCUT2D eigenvalue weighted by Gasteiger charge is 2.33. The van der Waals surface area contributed by atoms with E-state index in [0.29, 0.717) is 36.1 Å². The smallest absolute Gasteiger partial charge is 0.305 e. The highest BCUT2D eigenvalue weighted by molar-refractivity contribution is 7.89. The quantitative estimate of drug-likeness (QED) is 0.789. The topological polar surface area (TPSA) is 99.3 Å². The number of fused-ring (bicyclic) bond motifs is 1. The second-order valence-electron chi connectivity index (χ2n) is 7.69. The van der Waals surface area contributed by atoms with Gasteiger partial charge in [-0.05, 0) is 43.9 Å². The molecule has 2 aliphatic rings. The van der Waals surface area contributed by atoms with E-state index < -0.39 is 10.0 Å². The maximum atomic E-state index is 13.0. The van der Waals surface area contributed by atoms with Gasteiger partial charge < -0.3 is 10.3 Å². The fourth-order valence-electron chi connectivity index (χ4n) is 4.16. The Morgan fingerprint density at radius 2 is 1.82 bits per heavy atom. The molecule has 9 heteroatoms. The van der Waals surface area contributed by atoms with Crippen LogP contribution in [0.5, 0.6) is 0 Å². The molecule has 1 amide bonds. The number of hydrogen-bond acceptors (Lipinski definition) is 5. The van der Waals surface area contributed by atoms with Gasteiger partial charge in [0.2, 0.25) is 15.9 Å². The van der Waals surface area contributed by atoms with E-state index in [2.05, 4.69) is 10.3 Å². The van der Waals surface area contributed by atoms with Crippen LogP contribution in [0.15, 0.2) is 27.9 Å². The number of aromatic amines is 1. The van der Waals surface area contributed by atoms with E-state index >= 15 is 0 Å². The molecule has 0 bridgehead atoms. The lowest BCUT2D eigenvalue weighted by Crippen LogP contribution is -2.45. The van der Waals surface area contributed by atoms with Crippen LogP contribution in [0.1, 0.15) is 44.9 Å². The van der Waals surface area contributed by atoms with Crippen LogP contribution in [-0.4, -0.2) is 42.7 Å². The lowest BCUT2D eigenvalue weighted by molar-refractivity contribution is -0.127. The van der Waals surface area contributed by atoms with Crippen molar-refractivity contribution in [3.63, 3.8) is 0 Å². The third-order valence-corrected chi connectivity index (χ3v) is 8.55. The lowest BCUT2D eigenvalue weighted by atomic mass is 9.93. The highest BCUT2D eigenvalue weighted by Crippen LogP contribution is 2.27. The van der Waals surface area contributed by atoms with Crippen LogP contribution >= 0.6 is 11.3 Å². The van der Waals surface area contributed by atoms with Gasteiger partial charge in [-0.1, -0.05) is 30.6 Å². The summed E-state index contributed by atoms with van der Waals surface area (Å²) in [6.07, 6.45) is 6.76. The van der Waals surface area contributed by atoms with Crippen LogP contribution in [0.4, 0.5) is 0 Å². The van der Waals surface area contributed by atoms with E-state index in [1.807, 2.05) is 0 Å². The van der Waals surface area contributed by atoms with E-state index in [1.165, 1.54) is 29.6 Å². The normalized spacial score (nSPS) is 20.4. The molecule has 0 radical (unpaired) electrons. The Morgan fingerprint density at radius 3 is 2.54 bits per heavy atom. The molecule has 0 spiro atoms. The number of amides is 1. The summed E-state index contributed by atoms with van der Waals surface area (Å²) >= 11 is 1.00. The number of benzene rings is 1. The average Bonchev–Trinajstić information content (AvgIpc) is 3.08. The van der Waals surface area contributed by atoms with Gasteiger partial charge in [0.05, 0.1) is 15.1 Å². The largest absolute Gasteiger partial charge is 0.353 e. The molecule has 2 aromatic rings. The van der Waals surface area contributed by atoms with Gasteiger partial charge in [-0.2, -0.15) is 4.31 Å². The van der Waals surface area contributed by atoms with E-state index in [1.54, 1.807) is 12.1 Å². The molecule has 1 saturated carbocycles. The summed E-state index contributed by atoms with van der Waals surface area (Å²) in [5.41, 5.74) is 0.645. The number of aromatic nitrogens is 1. The fourth-order valence-corrected chi connectivity index (χ4v) is 6.51. The molecule has 2 fully saturated rings. The molecule has 1 aromatic heterocycles. The molecule has 1 aromatic carbocycles. The van der Waals surface area contributed by atoms with Crippen molar-refractivity contribution in [2.75, 3.05) is 13.1 Å². The number of carbonyl (C=O) groups excluding carboxylic acids is 1. The molecule has 28 heavy (non-hydrogen) atoms. The zero-order chi connectivity index (χ0) is 19.7. The Balaban J connectivity index is 1.40. The molecule has 2 N–H and O–H groups in total. The standard InChI is InChI=1S/C19H25N3O4S2/c23-18(20-14-4-2-1-3-5-14)13-8-10-22(11-9-13)28(25,26)15-6-7-16-17(12-15)27-19(24)21-16/h6-7,12-14H,1-5,8-11H2,(H,20,23)(H,21,24). The van der Waals surface area contributed by atoms with E-state index in [-0.39, 0.29) is 27.6 Å². The van der Waals surface area contributed by atoms with Gasteiger partial charge >= 0.3 is 4.87 Å². The van der Waals surface area contributed by atoms with Crippen molar-refractivity contribution in [2.24, 2.45) is 5.92 Å². The number of nitrogens with one attached hydrogen (secondary N) is 2. The van der Waals surface area contributed by atoms with Crippen molar-refractivity contribution in [3.05, 3.63) is 27.9 Å². The molecule has 1 aliphatic carbocycles. The van der Waals surface area contributed by atoms with E-state index in [4.69, 9.17) is 0 Å². The molecule has 1 saturated heterocycles. The Hall–Kier alpha value is -1.71. The van der Waals surface area contributed by atoms with Crippen LogP contribution in [0, 0.1) is 5.92 Å². The summed E-state index contributed by atoms with van der Waals surface area (Å²) in [4.78, 5) is 26.7. The monoisotopic (exact) mass is 423 g/mol. The lowest BCUT2D eigenvalue weighted by Gasteiger charge is -2.32. The summed E-state index contributed by atoms with van der Waals surface area (Å²) in [6, 6.07) is 4.99. The first-order valence-electron chi connectivity index (χ1n) is 9.87. The maximum absolute atomic E-state index is 13.0. The third-order valence-electron chi connectivity index (χ3n) is 5.81. The molecule has 4 rings (SSSR count). The Labute approximate surface area is 168 Å². The summed E-state index contributed by atoms with van der Waals surface area (Å²) in [6.45, 7) is 0.680. The number of carbonyl (C=O) groups is 1. The van der Waals surface area contributed by atoms with Gasteiger partial charge in [0.15, 0.2) is 0 Å². The van der Waals surface area contributed by atoms with Crippen molar-refractivity contribution in [2.45, 2.75) is 55.9 Å². The van der Waals surface area contributed by atoms with Crippen molar-refractivity contribution in [3.8, 4) is 0 Å². The molecule has 7 nitrogen and oxygen atoms in total. The number of hydrogen-bond donors (Lipinski definition) is 2. The summed E-state index contributed by atoms with van der Waals surface area (Å²) in [5, 5.41) is 3.16. The van der Waals surface area contributed by atoms with Gasteiger partial charge in [-0.3, -0.25) is 9.59 Å². The minimum atomic E-state index is -3.63. The van der Waals surface area contributed by atoms with Crippen LogP contribution in [-0.2, 0) is 14.8 Å².